The third-order valence-electron chi connectivity index (χ3n) is 4.58. The molecule has 1 aromatic heterocycles. The second kappa shape index (κ2) is 9.96. The van der Waals surface area contributed by atoms with E-state index >= 15 is 0 Å². The van der Waals surface area contributed by atoms with Crippen molar-refractivity contribution in [2.45, 2.75) is 0 Å². The summed E-state index contributed by atoms with van der Waals surface area (Å²) >= 11 is 1.26. The van der Waals surface area contributed by atoms with Crippen molar-refractivity contribution < 1.29 is 28.9 Å². The van der Waals surface area contributed by atoms with Crippen molar-refractivity contribution in [3.8, 4) is 27.8 Å². The SMILES string of the molecule is C=c1sc(-c2cc(NC(=O)c3cc(OC)c(OC)c(OC)c3)cc(C(=O)O)c2)n/c1=C/C=N. The molecule has 0 aliphatic rings. The van der Waals surface area contributed by atoms with Crippen LogP contribution in [0.25, 0.3) is 23.2 Å². The Labute approximate surface area is 193 Å². The number of rotatable bonds is 8. The lowest BCUT2D eigenvalue weighted by atomic mass is 10.1. The summed E-state index contributed by atoms with van der Waals surface area (Å²) in [5.41, 5.74) is 0.965. The van der Waals surface area contributed by atoms with Gasteiger partial charge in [-0.1, -0.05) is 6.58 Å². The number of carbonyl (C=O) groups is 2. The van der Waals surface area contributed by atoms with Gasteiger partial charge < -0.3 is 30.0 Å². The highest BCUT2D eigenvalue weighted by molar-refractivity contribution is 7.12. The minimum Gasteiger partial charge on any atom is -0.493 e. The first kappa shape index (κ1) is 23.5. The molecule has 170 valence electrons. The molecule has 1 heterocycles. The number of anilines is 1. The Kier molecular flexibility index (Phi) is 7.09. The fourth-order valence-electron chi connectivity index (χ4n) is 3.06. The number of hydrogen-bond acceptors (Lipinski definition) is 8. The third kappa shape index (κ3) is 5.01. The van der Waals surface area contributed by atoms with E-state index in [9.17, 15) is 14.7 Å². The van der Waals surface area contributed by atoms with E-state index in [4.69, 9.17) is 19.6 Å². The Hall–Kier alpha value is -4.18. The van der Waals surface area contributed by atoms with Gasteiger partial charge in [-0.2, -0.15) is 0 Å². The maximum Gasteiger partial charge on any atom is 0.335 e. The van der Waals surface area contributed by atoms with Crippen molar-refractivity contribution >= 4 is 47.8 Å². The summed E-state index contributed by atoms with van der Waals surface area (Å²) in [5.74, 6) is -0.696. The first-order valence-electron chi connectivity index (χ1n) is 9.48. The van der Waals surface area contributed by atoms with E-state index in [-0.39, 0.29) is 16.8 Å². The fourth-order valence-corrected chi connectivity index (χ4v) is 3.89. The van der Waals surface area contributed by atoms with E-state index in [1.54, 1.807) is 6.07 Å². The number of hydrogen-bond donors (Lipinski definition) is 3. The van der Waals surface area contributed by atoms with Crippen molar-refractivity contribution in [1.29, 1.82) is 5.41 Å². The molecule has 9 nitrogen and oxygen atoms in total. The van der Waals surface area contributed by atoms with Crippen LogP contribution in [0.3, 0.4) is 0 Å². The van der Waals surface area contributed by atoms with E-state index < -0.39 is 11.9 Å². The van der Waals surface area contributed by atoms with Gasteiger partial charge in [0.1, 0.15) is 5.01 Å². The number of nitrogens with zero attached hydrogens (tertiary/aromatic N) is 1. The number of carboxylic acids is 1. The highest BCUT2D eigenvalue weighted by atomic mass is 32.1. The van der Waals surface area contributed by atoms with Crippen molar-refractivity contribution in [2.75, 3.05) is 26.6 Å². The first-order valence-corrected chi connectivity index (χ1v) is 10.3. The molecule has 2 aromatic carbocycles. The van der Waals surface area contributed by atoms with Crippen molar-refractivity contribution in [1.82, 2.24) is 4.98 Å². The molecule has 0 saturated heterocycles. The van der Waals surface area contributed by atoms with Crippen molar-refractivity contribution in [2.24, 2.45) is 0 Å². The van der Waals surface area contributed by atoms with Gasteiger partial charge in [-0.3, -0.25) is 4.79 Å². The van der Waals surface area contributed by atoms with Gasteiger partial charge >= 0.3 is 5.97 Å². The number of carbonyl (C=O) groups excluding carboxylic acids is 1. The summed E-state index contributed by atoms with van der Waals surface area (Å²) in [6.45, 7) is 3.90. The van der Waals surface area contributed by atoms with Gasteiger partial charge in [0.15, 0.2) is 11.5 Å². The molecule has 0 unspecified atom stereocenters. The summed E-state index contributed by atoms with van der Waals surface area (Å²) in [4.78, 5) is 29.0. The second-order valence-electron chi connectivity index (χ2n) is 6.63. The molecular weight excluding hydrogens is 446 g/mol. The predicted molar refractivity (Wildman–Crippen MR) is 127 cm³/mol. The maximum atomic E-state index is 13.0. The molecule has 3 rings (SSSR count). The summed E-state index contributed by atoms with van der Waals surface area (Å²) in [6, 6.07) is 7.42. The number of nitrogens with one attached hydrogen (secondary N) is 2. The number of benzene rings is 2. The van der Waals surface area contributed by atoms with Gasteiger partial charge in [0, 0.05) is 27.6 Å². The number of carboxylic acid groups (broad SMARTS) is 1. The molecule has 0 aliphatic carbocycles. The highest BCUT2D eigenvalue weighted by Gasteiger charge is 2.18. The Morgan fingerprint density at radius 2 is 1.73 bits per heavy atom. The van der Waals surface area contributed by atoms with Gasteiger partial charge in [0.2, 0.25) is 5.75 Å². The molecule has 0 atom stereocenters. The molecule has 3 aromatic rings. The number of methoxy groups -OCH3 is 3. The van der Waals surface area contributed by atoms with E-state index in [2.05, 4.69) is 16.9 Å². The van der Waals surface area contributed by atoms with Crippen LogP contribution in [0.5, 0.6) is 17.2 Å². The lowest BCUT2D eigenvalue weighted by Crippen LogP contribution is -2.18. The van der Waals surface area contributed by atoms with Crippen LogP contribution >= 0.6 is 11.3 Å². The summed E-state index contributed by atoms with van der Waals surface area (Å²) in [6.07, 6.45) is 2.60. The van der Waals surface area contributed by atoms with Crippen LogP contribution < -0.4 is 29.4 Å². The normalized spacial score (nSPS) is 11.1. The average molecular weight is 468 g/mol. The predicted octanol–water partition coefficient (Wildman–Crippen LogP) is 2.63. The van der Waals surface area contributed by atoms with Gasteiger partial charge in [0.25, 0.3) is 5.91 Å². The Balaban J connectivity index is 2.03. The minimum absolute atomic E-state index is 0.0221. The van der Waals surface area contributed by atoms with E-state index in [1.165, 1.54) is 63.0 Å². The number of aromatic nitrogens is 1. The number of thiazole rings is 1. The monoisotopic (exact) mass is 467 g/mol. The Bertz CT molecular complexity index is 1320. The smallest absolute Gasteiger partial charge is 0.335 e. The van der Waals surface area contributed by atoms with Gasteiger partial charge in [-0.25, -0.2) is 9.78 Å². The lowest BCUT2D eigenvalue weighted by Gasteiger charge is -2.14. The fraction of sp³-hybridized carbons (Fsp3) is 0.130. The van der Waals surface area contributed by atoms with Crippen LogP contribution in [0.2, 0.25) is 0 Å². The van der Waals surface area contributed by atoms with Crippen LogP contribution in [0.15, 0.2) is 30.3 Å². The molecular formula is C23H21N3O6S. The third-order valence-corrected chi connectivity index (χ3v) is 5.56. The molecule has 0 fully saturated rings. The maximum absolute atomic E-state index is 13.0. The largest absolute Gasteiger partial charge is 0.493 e. The van der Waals surface area contributed by atoms with Gasteiger partial charge in [0.05, 0.1) is 32.2 Å². The molecule has 3 N–H and O–H groups in total. The van der Waals surface area contributed by atoms with Crippen LogP contribution in [0.4, 0.5) is 5.69 Å². The van der Waals surface area contributed by atoms with E-state index in [0.717, 1.165) is 6.21 Å². The number of aromatic carboxylic acids is 1. The summed E-state index contributed by atoms with van der Waals surface area (Å²) < 4.78 is 16.5. The van der Waals surface area contributed by atoms with Crippen LogP contribution in [0, 0.1) is 5.41 Å². The van der Waals surface area contributed by atoms with Crippen LogP contribution in [-0.2, 0) is 0 Å². The molecule has 0 aliphatic heterocycles. The van der Waals surface area contributed by atoms with Gasteiger partial charge in [-0.15, -0.1) is 11.3 Å². The molecule has 0 radical (unpaired) electrons. The molecule has 33 heavy (non-hydrogen) atoms. The highest BCUT2D eigenvalue weighted by Crippen LogP contribution is 2.38. The topological polar surface area (TPSA) is 131 Å². The van der Waals surface area contributed by atoms with Crippen molar-refractivity contribution in [3.05, 3.63) is 51.3 Å². The van der Waals surface area contributed by atoms with Gasteiger partial charge in [-0.05, 0) is 36.4 Å². The number of ether oxygens (including phenoxy) is 3. The molecule has 0 spiro atoms. The zero-order valence-corrected chi connectivity index (χ0v) is 18.9. The van der Waals surface area contributed by atoms with E-state index in [0.29, 0.717) is 37.7 Å². The van der Waals surface area contributed by atoms with E-state index in [1.807, 2.05) is 0 Å². The summed E-state index contributed by atoms with van der Waals surface area (Å²) in [7, 11) is 4.34. The quantitative estimate of drug-likeness (QED) is 0.434. The van der Waals surface area contributed by atoms with Crippen LogP contribution in [0.1, 0.15) is 20.7 Å². The Morgan fingerprint density at radius 1 is 1.06 bits per heavy atom. The second-order valence-corrected chi connectivity index (χ2v) is 7.72. The lowest BCUT2D eigenvalue weighted by molar-refractivity contribution is 0.0696. The zero-order valence-electron chi connectivity index (χ0n) is 18.1. The molecule has 10 heteroatoms. The molecule has 0 saturated carbocycles. The summed E-state index contributed by atoms with van der Waals surface area (Å²) in [5, 5.41) is 20.5. The van der Waals surface area contributed by atoms with Crippen LogP contribution in [-0.4, -0.2) is 49.5 Å². The minimum atomic E-state index is -1.15. The number of amides is 1. The zero-order chi connectivity index (χ0) is 24.1. The first-order chi connectivity index (χ1) is 15.8. The van der Waals surface area contributed by atoms with Crippen molar-refractivity contribution in [3.63, 3.8) is 0 Å². The molecule has 1 amide bonds. The average Bonchev–Trinajstić information content (AvgIpc) is 3.18. The Morgan fingerprint density at radius 3 is 2.27 bits per heavy atom. The molecule has 0 bridgehead atoms. The standard InChI is InChI=1S/C23H21N3O6S/c1-12-17(5-6-24)26-22(33-12)14-7-15(23(28)29)9-16(8-14)25-21(27)13-10-18(30-2)20(32-4)19(11-13)31-3/h5-11,24H,1H2,2-4H3,(H,25,27)(H,28,29)/b17-5+,24-6?.